The molecule has 2 nitrogen and oxygen atoms in total. The quantitative estimate of drug-likeness (QED) is 0.831. The maximum atomic E-state index is 14.2. The number of benzene rings is 2. The van der Waals surface area contributed by atoms with Crippen LogP contribution in [-0.2, 0) is 5.41 Å². The lowest BCUT2D eigenvalue weighted by Gasteiger charge is -2.23. The second-order valence-corrected chi connectivity index (χ2v) is 6.72. The van der Waals surface area contributed by atoms with Crippen LogP contribution in [0.5, 0.6) is 0 Å². The van der Waals surface area contributed by atoms with Crippen molar-refractivity contribution in [2.45, 2.75) is 40.0 Å². The van der Waals surface area contributed by atoms with E-state index in [1.165, 1.54) is 6.07 Å². The molecular weight excluding hydrogens is 277 g/mol. The van der Waals surface area contributed by atoms with Gasteiger partial charge in [-0.1, -0.05) is 38.5 Å². The fourth-order valence-corrected chi connectivity index (χ4v) is 2.56. The molecule has 0 aromatic heterocycles. The lowest BCUT2D eigenvalue weighted by molar-refractivity contribution is 0.102. The van der Waals surface area contributed by atoms with E-state index in [-0.39, 0.29) is 17.0 Å². The van der Waals surface area contributed by atoms with Crippen molar-refractivity contribution in [1.29, 1.82) is 0 Å². The van der Waals surface area contributed by atoms with Gasteiger partial charge < -0.3 is 5.32 Å². The van der Waals surface area contributed by atoms with Crippen molar-refractivity contribution in [3.63, 3.8) is 0 Å². The highest BCUT2D eigenvalue weighted by molar-refractivity contribution is 6.04. The topological polar surface area (TPSA) is 29.1 Å². The molecule has 0 atom stereocenters. The minimum absolute atomic E-state index is 0.111. The second-order valence-electron chi connectivity index (χ2n) is 6.72. The van der Waals surface area contributed by atoms with Gasteiger partial charge in [0.1, 0.15) is 5.82 Å². The first kappa shape index (κ1) is 16.2. The van der Waals surface area contributed by atoms with Crippen LogP contribution in [0.3, 0.4) is 0 Å². The zero-order valence-corrected chi connectivity index (χ0v) is 13.8. The summed E-state index contributed by atoms with van der Waals surface area (Å²) < 4.78 is 14.2. The van der Waals surface area contributed by atoms with E-state index in [1.807, 2.05) is 26.0 Å². The summed E-state index contributed by atoms with van der Waals surface area (Å²) in [6, 6.07) is 10.5. The van der Waals surface area contributed by atoms with Gasteiger partial charge in [0.25, 0.3) is 5.91 Å². The van der Waals surface area contributed by atoms with Crippen LogP contribution in [0.4, 0.5) is 10.1 Å². The van der Waals surface area contributed by atoms with Crippen LogP contribution in [0.25, 0.3) is 0 Å². The number of hydrogen-bond acceptors (Lipinski definition) is 1. The average molecular weight is 299 g/mol. The molecule has 0 unspecified atom stereocenters. The predicted octanol–water partition coefficient (Wildman–Crippen LogP) is 4.99. The zero-order valence-electron chi connectivity index (χ0n) is 13.8. The Bertz CT molecular complexity index is 714. The summed E-state index contributed by atoms with van der Waals surface area (Å²) in [4.78, 5) is 12.3. The second kappa shape index (κ2) is 5.91. The Kier molecular flexibility index (Phi) is 4.36. The van der Waals surface area contributed by atoms with E-state index in [0.29, 0.717) is 5.56 Å². The highest BCUT2D eigenvalue weighted by Gasteiger charge is 2.19. The molecule has 0 aliphatic carbocycles. The minimum atomic E-state index is -0.411. The molecule has 22 heavy (non-hydrogen) atoms. The Balaban J connectivity index is 2.35. The number of aryl methyl sites for hydroxylation is 2. The fourth-order valence-electron chi connectivity index (χ4n) is 2.56. The maximum absolute atomic E-state index is 14.2. The van der Waals surface area contributed by atoms with E-state index in [9.17, 15) is 9.18 Å². The van der Waals surface area contributed by atoms with Gasteiger partial charge in [-0.15, -0.1) is 0 Å². The summed E-state index contributed by atoms with van der Waals surface area (Å²) in [6.45, 7) is 10.0. The largest absolute Gasteiger partial charge is 0.319 e. The third kappa shape index (κ3) is 3.53. The number of anilines is 1. The molecule has 0 aliphatic rings. The third-order valence-corrected chi connectivity index (χ3v) is 3.65. The van der Waals surface area contributed by atoms with Crippen LogP contribution in [0.2, 0.25) is 0 Å². The van der Waals surface area contributed by atoms with Crippen LogP contribution in [0.15, 0.2) is 36.4 Å². The van der Waals surface area contributed by atoms with Crippen molar-refractivity contribution in [3.8, 4) is 0 Å². The molecule has 1 N–H and O–H groups in total. The molecule has 3 heteroatoms. The molecule has 0 saturated heterocycles. The summed E-state index contributed by atoms with van der Waals surface area (Å²) in [5, 5.41) is 2.68. The van der Waals surface area contributed by atoms with Gasteiger partial charge in [0.2, 0.25) is 0 Å². The van der Waals surface area contributed by atoms with Crippen molar-refractivity contribution < 1.29 is 9.18 Å². The number of hydrogen-bond donors (Lipinski definition) is 1. The Morgan fingerprint density at radius 1 is 1.09 bits per heavy atom. The van der Waals surface area contributed by atoms with Crippen molar-refractivity contribution in [2.75, 3.05) is 5.32 Å². The normalized spacial score (nSPS) is 11.4. The molecule has 116 valence electrons. The molecule has 1 amide bonds. The van der Waals surface area contributed by atoms with Gasteiger partial charge >= 0.3 is 0 Å². The Morgan fingerprint density at radius 2 is 1.77 bits per heavy atom. The van der Waals surface area contributed by atoms with Crippen LogP contribution in [0.1, 0.15) is 47.8 Å². The number of nitrogens with one attached hydrogen (secondary N) is 1. The van der Waals surface area contributed by atoms with Crippen molar-refractivity contribution >= 4 is 11.6 Å². The van der Waals surface area contributed by atoms with E-state index in [4.69, 9.17) is 0 Å². The first-order chi connectivity index (χ1) is 10.2. The molecule has 2 aromatic carbocycles. The van der Waals surface area contributed by atoms with Crippen molar-refractivity contribution in [3.05, 3.63) is 64.5 Å². The molecule has 0 heterocycles. The lowest BCUT2D eigenvalue weighted by Crippen LogP contribution is -2.17. The molecule has 0 spiro atoms. The van der Waals surface area contributed by atoms with Crippen molar-refractivity contribution in [1.82, 2.24) is 0 Å². The Hall–Kier alpha value is -2.16. The highest BCUT2D eigenvalue weighted by Crippen LogP contribution is 2.30. The first-order valence-electron chi connectivity index (χ1n) is 7.37. The third-order valence-electron chi connectivity index (χ3n) is 3.65. The molecule has 0 radical (unpaired) electrons. The molecular formula is C19H22FNO. The SMILES string of the molecule is Cc1cccc(C(=O)Nc2cc(C(C)(C)C)c(C)cc2F)c1. The van der Waals surface area contributed by atoms with Crippen molar-refractivity contribution in [2.24, 2.45) is 0 Å². The highest BCUT2D eigenvalue weighted by atomic mass is 19.1. The zero-order chi connectivity index (χ0) is 16.5. The molecule has 0 fully saturated rings. The van der Waals surface area contributed by atoms with E-state index >= 15 is 0 Å². The van der Waals surface area contributed by atoms with E-state index < -0.39 is 5.82 Å². The summed E-state index contributed by atoms with van der Waals surface area (Å²) in [7, 11) is 0. The minimum Gasteiger partial charge on any atom is -0.319 e. The standard InChI is InChI=1S/C19H22FNO/c1-12-7-6-8-14(9-12)18(22)21-17-11-15(19(3,4)5)13(2)10-16(17)20/h6-11H,1-5H3,(H,21,22). The molecule has 0 aliphatic heterocycles. The van der Waals surface area contributed by atoms with E-state index in [2.05, 4.69) is 26.1 Å². The Morgan fingerprint density at radius 3 is 2.36 bits per heavy atom. The van der Waals surface area contributed by atoms with Crippen LogP contribution < -0.4 is 5.32 Å². The van der Waals surface area contributed by atoms with E-state index in [1.54, 1.807) is 18.2 Å². The maximum Gasteiger partial charge on any atom is 0.255 e. The number of amides is 1. The summed E-state index contributed by atoms with van der Waals surface area (Å²) in [6.07, 6.45) is 0. The van der Waals surface area contributed by atoms with Gasteiger partial charge in [-0.3, -0.25) is 4.79 Å². The van der Waals surface area contributed by atoms with Gasteiger partial charge in [0, 0.05) is 5.56 Å². The molecule has 0 bridgehead atoms. The smallest absolute Gasteiger partial charge is 0.255 e. The monoisotopic (exact) mass is 299 g/mol. The number of carbonyl (C=O) groups is 1. The van der Waals surface area contributed by atoms with Gasteiger partial charge in [-0.05, 0) is 54.7 Å². The van der Waals surface area contributed by atoms with Gasteiger partial charge in [0.15, 0.2) is 0 Å². The van der Waals surface area contributed by atoms with Gasteiger partial charge in [0.05, 0.1) is 5.69 Å². The molecule has 2 aromatic rings. The number of rotatable bonds is 2. The van der Waals surface area contributed by atoms with Crippen LogP contribution >= 0.6 is 0 Å². The number of carbonyl (C=O) groups excluding carboxylic acids is 1. The number of halogens is 1. The Labute approximate surface area is 131 Å². The molecule has 2 rings (SSSR count). The lowest BCUT2D eigenvalue weighted by atomic mass is 9.84. The summed E-state index contributed by atoms with van der Waals surface area (Å²) in [5.74, 6) is -0.710. The summed E-state index contributed by atoms with van der Waals surface area (Å²) in [5.41, 5.74) is 3.54. The van der Waals surface area contributed by atoms with Gasteiger partial charge in [-0.2, -0.15) is 0 Å². The van der Waals surface area contributed by atoms with Crippen LogP contribution in [-0.4, -0.2) is 5.91 Å². The summed E-state index contributed by atoms with van der Waals surface area (Å²) >= 11 is 0. The van der Waals surface area contributed by atoms with E-state index in [0.717, 1.165) is 16.7 Å². The average Bonchev–Trinajstić information content (AvgIpc) is 2.40. The molecule has 0 saturated carbocycles. The predicted molar refractivity (Wildman–Crippen MR) is 89.0 cm³/mol. The van der Waals surface area contributed by atoms with Crippen LogP contribution in [0, 0.1) is 19.7 Å². The van der Waals surface area contributed by atoms with Gasteiger partial charge in [-0.25, -0.2) is 4.39 Å². The first-order valence-corrected chi connectivity index (χ1v) is 7.37. The fraction of sp³-hybridized carbons (Fsp3) is 0.316.